The number of amides is 3. The van der Waals surface area contributed by atoms with Crippen molar-refractivity contribution in [3.8, 4) is 11.1 Å². The maximum atomic E-state index is 14.1. The molecule has 5 rings (SSSR count). The third kappa shape index (κ3) is 5.80. The number of anilines is 1. The van der Waals surface area contributed by atoms with E-state index in [0.29, 0.717) is 56.2 Å². The summed E-state index contributed by atoms with van der Waals surface area (Å²) < 4.78 is 1.83. The van der Waals surface area contributed by atoms with Gasteiger partial charge >= 0.3 is 6.03 Å². The Balaban J connectivity index is 1.49. The first-order valence-electron chi connectivity index (χ1n) is 14.3. The van der Waals surface area contributed by atoms with E-state index in [9.17, 15) is 14.4 Å². The number of rotatable bonds is 5. The number of aromatic nitrogens is 3. The van der Waals surface area contributed by atoms with Gasteiger partial charge in [0.2, 0.25) is 11.9 Å². The molecule has 2 aliphatic heterocycles. The number of likely N-dealkylation sites (tertiary alicyclic amines) is 2. The lowest BCUT2D eigenvalue weighted by atomic mass is 9.99. The molecule has 0 radical (unpaired) electrons. The minimum absolute atomic E-state index is 0.0658. The Bertz CT molecular complexity index is 1450. The Hall–Kier alpha value is -3.95. The lowest BCUT2D eigenvalue weighted by Crippen LogP contribution is -2.47. The van der Waals surface area contributed by atoms with Crippen LogP contribution in [0.1, 0.15) is 58.1 Å². The van der Waals surface area contributed by atoms with Crippen molar-refractivity contribution in [2.45, 2.75) is 71.5 Å². The molecule has 0 bridgehead atoms. The van der Waals surface area contributed by atoms with E-state index in [2.05, 4.69) is 15.6 Å². The number of nitrogens with one attached hydrogen (secondary N) is 2. The second kappa shape index (κ2) is 11.7. The Kier molecular flexibility index (Phi) is 8.04. The zero-order valence-corrected chi connectivity index (χ0v) is 23.8. The molecular weight excluding hydrogens is 506 g/mol. The van der Waals surface area contributed by atoms with Crippen molar-refractivity contribution in [2.24, 2.45) is 0 Å². The van der Waals surface area contributed by atoms with E-state index in [1.807, 2.05) is 65.5 Å². The van der Waals surface area contributed by atoms with Crippen molar-refractivity contribution in [1.82, 2.24) is 29.7 Å². The maximum Gasteiger partial charge on any atom is 0.317 e. The normalized spacial score (nSPS) is 16.9. The molecule has 0 unspecified atom stereocenters. The maximum absolute atomic E-state index is 14.1. The smallest absolute Gasteiger partial charge is 0.317 e. The molecule has 0 atom stereocenters. The lowest BCUT2D eigenvalue weighted by Gasteiger charge is -2.34. The predicted octanol–water partition coefficient (Wildman–Crippen LogP) is 3.94. The van der Waals surface area contributed by atoms with Crippen LogP contribution in [0.5, 0.6) is 0 Å². The summed E-state index contributed by atoms with van der Waals surface area (Å²) in [5.74, 6) is 0.584. The Labute approximate surface area is 234 Å². The number of pyridine rings is 1. The monoisotopic (exact) mass is 545 g/mol. The van der Waals surface area contributed by atoms with Gasteiger partial charge in [0.25, 0.3) is 5.56 Å². The van der Waals surface area contributed by atoms with Crippen molar-refractivity contribution in [2.75, 3.05) is 31.5 Å². The van der Waals surface area contributed by atoms with Crippen molar-refractivity contribution in [3.63, 3.8) is 0 Å². The van der Waals surface area contributed by atoms with Crippen LogP contribution in [0, 0.1) is 6.92 Å². The number of benzene rings is 1. The first-order chi connectivity index (χ1) is 19.2. The third-order valence-electron chi connectivity index (χ3n) is 8.01. The fourth-order valence-electron chi connectivity index (χ4n) is 5.78. The minimum atomic E-state index is -0.0939. The summed E-state index contributed by atoms with van der Waals surface area (Å²) in [6.07, 6.45) is 4.74. The molecule has 0 aliphatic carbocycles. The van der Waals surface area contributed by atoms with Gasteiger partial charge in [-0.25, -0.2) is 9.78 Å². The van der Waals surface area contributed by atoms with Crippen LogP contribution in [0.25, 0.3) is 22.2 Å². The summed E-state index contributed by atoms with van der Waals surface area (Å²) in [5, 5.41) is 7.21. The van der Waals surface area contributed by atoms with E-state index in [4.69, 9.17) is 4.98 Å². The number of carbonyl (C=O) groups excluding carboxylic acids is 2. The van der Waals surface area contributed by atoms with Gasteiger partial charge in [-0.3, -0.25) is 14.2 Å². The van der Waals surface area contributed by atoms with E-state index in [1.54, 1.807) is 13.1 Å². The SMILES string of the molecule is CC(=O)N1CCC(Nc2ncc3cc(-c4ccccc4C)c(=O)n(C4CCN(C(=O)NC(C)C)CC4)c3n2)CC1. The molecule has 1 aromatic carbocycles. The molecule has 40 heavy (non-hydrogen) atoms. The molecule has 4 heterocycles. The van der Waals surface area contributed by atoms with Crippen LogP contribution in [0.4, 0.5) is 10.7 Å². The zero-order valence-electron chi connectivity index (χ0n) is 23.8. The molecule has 212 valence electrons. The quantitative estimate of drug-likeness (QED) is 0.502. The first kappa shape index (κ1) is 27.6. The van der Waals surface area contributed by atoms with Crippen LogP contribution in [0.3, 0.4) is 0 Å². The number of carbonyl (C=O) groups is 2. The molecular formula is C30H39N7O3. The number of urea groups is 1. The van der Waals surface area contributed by atoms with Gasteiger partial charge in [0, 0.05) is 68.4 Å². The standard InChI is InChI=1S/C30H39N7O3/c1-19(2)32-30(40)36-15-11-24(12-16-36)37-27-22(17-26(28(37)39)25-8-6-5-7-20(25)3)18-31-29(34-27)33-23-9-13-35(14-10-23)21(4)38/h5-8,17-19,23-24H,9-16H2,1-4H3,(H,32,40)(H,31,33,34). The van der Waals surface area contributed by atoms with Gasteiger partial charge in [-0.2, -0.15) is 4.98 Å². The molecule has 10 heteroatoms. The molecule has 3 aromatic rings. The van der Waals surface area contributed by atoms with Crippen molar-refractivity contribution in [3.05, 3.63) is 52.4 Å². The molecule has 2 aliphatic rings. The highest BCUT2D eigenvalue weighted by atomic mass is 16.2. The van der Waals surface area contributed by atoms with Gasteiger partial charge in [-0.05, 0) is 63.6 Å². The first-order valence-corrected chi connectivity index (χ1v) is 14.3. The van der Waals surface area contributed by atoms with Crippen molar-refractivity contribution in [1.29, 1.82) is 0 Å². The summed E-state index contributed by atoms with van der Waals surface area (Å²) in [5.41, 5.74) is 3.09. The number of aryl methyl sites for hydroxylation is 1. The van der Waals surface area contributed by atoms with Gasteiger partial charge in [-0.1, -0.05) is 24.3 Å². The molecule has 2 N–H and O–H groups in total. The number of hydrogen-bond acceptors (Lipinski definition) is 6. The predicted molar refractivity (Wildman–Crippen MR) is 156 cm³/mol. The molecule has 10 nitrogen and oxygen atoms in total. The summed E-state index contributed by atoms with van der Waals surface area (Å²) >= 11 is 0. The van der Waals surface area contributed by atoms with Gasteiger partial charge in [0.1, 0.15) is 5.65 Å². The highest BCUT2D eigenvalue weighted by Crippen LogP contribution is 2.29. The van der Waals surface area contributed by atoms with Gasteiger partial charge in [0.05, 0.1) is 0 Å². The summed E-state index contributed by atoms with van der Waals surface area (Å²) in [7, 11) is 0. The van der Waals surface area contributed by atoms with E-state index < -0.39 is 0 Å². The van der Waals surface area contributed by atoms with Crippen LogP contribution in [-0.4, -0.2) is 74.5 Å². The van der Waals surface area contributed by atoms with E-state index in [-0.39, 0.29) is 35.6 Å². The second-order valence-corrected chi connectivity index (χ2v) is 11.3. The van der Waals surface area contributed by atoms with Crippen molar-refractivity contribution < 1.29 is 9.59 Å². The van der Waals surface area contributed by atoms with E-state index in [1.165, 1.54) is 0 Å². The van der Waals surface area contributed by atoms with Crippen LogP contribution >= 0.6 is 0 Å². The molecule has 0 saturated carbocycles. The van der Waals surface area contributed by atoms with E-state index in [0.717, 1.165) is 29.4 Å². The number of piperidine rings is 2. The Morgan fingerprint density at radius 3 is 2.30 bits per heavy atom. The summed E-state index contributed by atoms with van der Waals surface area (Å²) in [6, 6.07) is 9.87. The summed E-state index contributed by atoms with van der Waals surface area (Å²) in [6.45, 7) is 10.0. The zero-order chi connectivity index (χ0) is 28.4. The molecule has 0 spiro atoms. The Morgan fingerprint density at radius 1 is 0.975 bits per heavy atom. The van der Waals surface area contributed by atoms with E-state index >= 15 is 0 Å². The van der Waals surface area contributed by atoms with Crippen LogP contribution < -0.4 is 16.2 Å². The number of nitrogens with zero attached hydrogens (tertiary/aromatic N) is 5. The lowest BCUT2D eigenvalue weighted by molar-refractivity contribution is -0.129. The average Bonchev–Trinajstić information content (AvgIpc) is 2.93. The summed E-state index contributed by atoms with van der Waals surface area (Å²) in [4.78, 5) is 51.6. The fraction of sp³-hybridized carbons (Fsp3) is 0.500. The molecule has 2 aromatic heterocycles. The fourth-order valence-corrected chi connectivity index (χ4v) is 5.78. The molecule has 2 saturated heterocycles. The van der Waals surface area contributed by atoms with Crippen LogP contribution in [-0.2, 0) is 4.79 Å². The largest absolute Gasteiger partial charge is 0.351 e. The third-order valence-corrected chi connectivity index (χ3v) is 8.01. The molecule has 3 amide bonds. The van der Waals surface area contributed by atoms with Gasteiger partial charge < -0.3 is 20.4 Å². The van der Waals surface area contributed by atoms with Gasteiger partial charge in [0.15, 0.2) is 0 Å². The second-order valence-electron chi connectivity index (χ2n) is 11.3. The van der Waals surface area contributed by atoms with Gasteiger partial charge in [-0.15, -0.1) is 0 Å². The van der Waals surface area contributed by atoms with Crippen LogP contribution in [0.2, 0.25) is 0 Å². The highest BCUT2D eigenvalue weighted by molar-refractivity contribution is 5.82. The number of fused-ring (bicyclic) bond motifs is 1. The van der Waals surface area contributed by atoms with Crippen LogP contribution in [0.15, 0.2) is 41.3 Å². The van der Waals surface area contributed by atoms with Crippen molar-refractivity contribution >= 4 is 28.9 Å². The Morgan fingerprint density at radius 2 is 1.65 bits per heavy atom. The highest BCUT2D eigenvalue weighted by Gasteiger charge is 2.28. The average molecular weight is 546 g/mol. The number of hydrogen-bond donors (Lipinski definition) is 2. The molecule has 2 fully saturated rings. The topological polar surface area (TPSA) is 112 Å². The minimum Gasteiger partial charge on any atom is -0.351 e.